The van der Waals surface area contributed by atoms with Crippen molar-refractivity contribution in [3.05, 3.63) is 0 Å². The van der Waals surface area contributed by atoms with Gasteiger partial charge in [-0.25, -0.2) is 0 Å². The van der Waals surface area contributed by atoms with E-state index >= 15 is 0 Å². The Labute approximate surface area is 455 Å². The topological polar surface area (TPSA) is 862 Å². The summed E-state index contributed by atoms with van der Waals surface area (Å²) in [6, 6.07) is 0. The molecule has 0 atom stereocenters. The molecule has 59 heteroatoms. The molecule has 0 rings (SSSR count). The molecule has 0 aromatic carbocycles. The van der Waals surface area contributed by atoms with Crippen molar-refractivity contribution in [3.63, 3.8) is 0 Å². The first kappa shape index (κ1) is 126. The maximum absolute atomic E-state index is 8.55. The minimum atomic E-state index is -5.39. The van der Waals surface area contributed by atoms with Gasteiger partial charge < -0.3 is 192 Å². The van der Waals surface area contributed by atoms with Crippen molar-refractivity contribution < 1.29 is 383 Å². The number of rotatable bonds is 0. The number of phosphoric acid groups is 10. The maximum atomic E-state index is 8.55. The van der Waals surface area contributed by atoms with Gasteiger partial charge in [0.1, 0.15) is 0 Å². The summed E-state index contributed by atoms with van der Waals surface area (Å²) in [5, 5.41) is 0. The number of hydrogen-bond acceptors (Lipinski definition) is 40. The van der Waals surface area contributed by atoms with E-state index in [-0.39, 0.29) is 191 Å². The Bertz CT molecular complexity index is 881. The van der Waals surface area contributed by atoms with Gasteiger partial charge in [-0.3, -0.25) is 0 Å². The Balaban J connectivity index is -0.0000000174. The quantitative estimate of drug-likeness (QED) is 0.160. The van der Waals surface area contributed by atoms with Crippen LogP contribution >= 0.6 is 78.2 Å². The zero-order valence-corrected chi connectivity index (χ0v) is 47.2. The van der Waals surface area contributed by atoms with Gasteiger partial charge in [0, 0.05) is 55.7 Å². The second-order valence-corrected chi connectivity index (χ2v) is 13.4. The van der Waals surface area contributed by atoms with Crippen LogP contribution in [-0.4, -0.2) is 0 Å². The van der Waals surface area contributed by atoms with Gasteiger partial charge in [-0.05, 0) is 0 Å². The third-order valence-corrected chi connectivity index (χ3v) is 0. The first-order valence-electron chi connectivity index (χ1n) is 7.30. The minimum Gasteiger partial charge on any atom is -0.822 e. The van der Waals surface area contributed by atoms with Crippen LogP contribution < -0.4 is 203 Å². The number of hydrogen-bond donors (Lipinski definition) is 0. The fraction of sp³-hybridized carbons (Fsp3) is 0. The summed E-state index contributed by atoms with van der Waals surface area (Å²) in [6.07, 6.45) is 0. The van der Waals surface area contributed by atoms with Crippen molar-refractivity contribution in [2.45, 2.75) is 0 Å². The Kier molecular flexibility index (Phi) is 128. The van der Waals surface area contributed by atoms with Crippen LogP contribution in [0.3, 0.4) is 0 Å². The molecular formula is Li3O40P10V3Zr3-15. The molecule has 0 heterocycles. The van der Waals surface area contributed by atoms with Gasteiger partial charge in [0.15, 0.2) is 0 Å². The van der Waals surface area contributed by atoms with Gasteiger partial charge in [-0.2, -0.15) is 78.2 Å². The smallest absolute Gasteiger partial charge is 0.822 e. The van der Waals surface area contributed by atoms with Gasteiger partial charge in [0.2, 0.25) is 0 Å². The fourth-order valence-electron chi connectivity index (χ4n) is 0. The molecule has 0 aliphatic heterocycles. The van der Waals surface area contributed by atoms with Crippen molar-refractivity contribution in [1.82, 2.24) is 0 Å². The maximum Gasteiger partial charge on any atom is 4.00 e. The molecule has 0 unspecified atom stereocenters. The SMILES string of the molecule is O=P([O-])([O-])[O-].O=P([O-])([O-])[O-].O=P([O-])([O-])[O-].O=P([O-])([O-])[O-].O=P([O-])([O-])[O-].O=P([O-])([O-])[O-].O=P([O-])([O-])[O-].O=P([O-])([O-])[O-].O=P([O-])([O-])[O-].O=P([O-])([O-])[O-].[Li+].[Li+].[Li+].[V].[V].[V].[Zr+4].[Zr+4].[Zr+4]. The summed E-state index contributed by atoms with van der Waals surface area (Å²) in [7, 11) is -53.9. The Hall–Kier alpha value is 7.29. The summed E-state index contributed by atoms with van der Waals surface area (Å²) < 4.78 is 85.5. The van der Waals surface area contributed by atoms with Crippen LogP contribution in [0.25, 0.3) is 0 Å². The van der Waals surface area contributed by atoms with E-state index in [1.165, 1.54) is 0 Å². The molecule has 0 N–H and O–H groups in total. The normalized spacial score (nSPS) is 10.0. The molecule has 0 aliphatic carbocycles. The van der Waals surface area contributed by atoms with Crippen LogP contribution in [0.5, 0.6) is 0 Å². The monoisotopic (exact) mass is 1390 g/mol. The Morgan fingerprint density at radius 3 is 0.153 bits per heavy atom. The molecule has 0 saturated heterocycles. The van der Waals surface area contributed by atoms with Crippen LogP contribution in [0.1, 0.15) is 0 Å². The van der Waals surface area contributed by atoms with E-state index < -0.39 is 78.2 Å². The largest absolute Gasteiger partial charge is 4.00 e. The van der Waals surface area contributed by atoms with Crippen LogP contribution in [0.4, 0.5) is 0 Å². The standard InChI is InChI=1S/3Li.10H3O4P.3V.3Zr/c;;;10*1-5(2,3)4;;;;;;/h;;;10*(H3,1,2,3,4);;;;;;/q3*+1;;;;;;;;;;;;;;3*+4/p-30. The molecule has 40 nitrogen and oxygen atoms in total. The van der Waals surface area contributed by atoms with E-state index in [0.29, 0.717) is 0 Å². The van der Waals surface area contributed by atoms with Crippen molar-refractivity contribution in [2.24, 2.45) is 0 Å². The zero-order valence-electron chi connectivity index (χ0n) is 26.6. The average molecular weight is 1400 g/mol. The summed E-state index contributed by atoms with van der Waals surface area (Å²) in [5.41, 5.74) is 0. The summed E-state index contributed by atoms with van der Waals surface area (Å²) in [6.45, 7) is 0. The molecule has 0 aliphatic rings. The first-order chi connectivity index (χ1) is 20.0. The van der Waals surface area contributed by atoms with E-state index in [2.05, 4.69) is 0 Å². The van der Waals surface area contributed by atoms with E-state index in [0.717, 1.165) is 0 Å². The van der Waals surface area contributed by atoms with Crippen LogP contribution in [0.15, 0.2) is 0 Å². The Morgan fingerprint density at radius 1 is 0.153 bits per heavy atom. The molecule has 335 valence electrons. The molecule has 0 aromatic rings. The average Bonchev–Trinajstić information content (AvgIpc) is 2.34. The predicted octanol–water partition coefficient (Wildman–Crippen LogP) is -37.2. The molecule has 0 bridgehead atoms. The molecule has 0 amide bonds. The summed E-state index contributed by atoms with van der Waals surface area (Å²) in [4.78, 5) is 256. The van der Waals surface area contributed by atoms with E-state index in [1.54, 1.807) is 0 Å². The molecule has 3 radical (unpaired) electrons. The fourth-order valence-corrected chi connectivity index (χ4v) is 0. The predicted molar refractivity (Wildman–Crippen MR) is 76.1 cm³/mol. The minimum absolute atomic E-state index is 0. The van der Waals surface area contributed by atoms with Crippen molar-refractivity contribution >= 4 is 78.2 Å². The molecular weight excluding hydrogens is 1400 g/mol. The van der Waals surface area contributed by atoms with Crippen molar-refractivity contribution in [2.75, 3.05) is 0 Å². The molecule has 0 saturated carbocycles. The van der Waals surface area contributed by atoms with Gasteiger partial charge in [-0.15, -0.1) is 0 Å². The molecule has 0 fully saturated rings. The van der Waals surface area contributed by atoms with Crippen molar-refractivity contribution in [1.29, 1.82) is 0 Å². The van der Waals surface area contributed by atoms with Crippen LogP contribution in [0.2, 0.25) is 0 Å². The van der Waals surface area contributed by atoms with Crippen LogP contribution in [0, 0.1) is 0 Å². The molecule has 0 aromatic heterocycles. The first-order valence-corrected chi connectivity index (χ1v) is 21.9. The van der Waals surface area contributed by atoms with Crippen LogP contribution in [-0.2, 0) is 180 Å². The zero-order chi connectivity index (χ0) is 45.0. The third kappa shape index (κ3) is 4920. The Morgan fingerprint density at radius 2 is 0.153 bits per heavy atom. The van der Waals surface area contributed by atoms with Crippen molar-refractivity contribution in [3.8, 4) is 0 Å². The van der Waals surface area contributed by atoms with Gasteiger partial charge in [0.25, 0.3) is 0 Å². The van der Waals surface area contributed by atoms with Gasteiger partial charge >= 0.3 is 135 Å². The van der Waals surface area contributed by atoms with E-state index in [4.69, 9.17) is 192 Å². The molecule has 59 heavy (non-hydrogen) atoms. The van der Waals surface area contributed by atoms with E-state index in [9.17, 15) is 0 Å². The van der Waals surface area contributed by atoms with Gasteiger partial charge in [0.05, 0.1) is 0 Å². The second-order valence-electron chi connectivity index (χ2n) is 4.47. The second kappa shape index (κ2) is 59.6. The molecule has 0 spiro atoms. The third-order valence-electron chi connectivity index (χ3n) is 0. The van der Waals surface area contributed by atoms with E-state index in [1.807, 2.05) is 0 Å². The van der Waals surface area contributed by atoms with Gasteiger partial charge in [-0.1, -0.05) is 0 Å². The summed E-state index contributed by atoms with van der Waals surface area (Å²) >= 11 is 0. The summed E-state index contributed by atoms with van der Waals surface area (Å²) in [5.74, 6) is 0.